The number of ether oxygens (including phenoxy) is 1. The highest BCUT2D eigenvalue weighted by molar-refractivity contribution is 7.92. The third-order valence-corrected chi connectivity index (χ3v) is 8.47. The topological polar surface area (TPSA) is 96.0 Å². The number of hydrogen-bond donors (Lipinski definition) is 1. The molecule has 3 aromatic rings. The van der Waals surface area contributed by atoms with Gasteiger partial charge in [-0.1, -0.05) is 56.3 Å². The maximum Gasteiger partial charge on any atom is 0.264 e. The fraction of sp³-hybridized carbons (Fsp3) is 0.355. The van der Waals surface area contributed by atoms with Gasteiger partial charge in [-0.05, 0) is 68.7 Å². The van der Waals surface area contributed by atoms with E-state index < -0.39 is 34.3 Å². The SMILES string of the molecule is CCOc1ccccc1N(CC(=O)N(Cc1ccc(F)cc1)[C@H](CC)C(=O)N[C@@H](C)CC)S(=O)(=O)c1ccccc1. The van der Waals surface area contributed by atoms with Crippen molar-refractivity contribution in [1.29, 1.82) is 0 Å². The molecule has 41 heavy (non-hydrogen) atoms. The van der Waals surface area contributed by atoms with Crippen LogP contribution < -0.4 is 14.4 Å². The van der Waals surface area contributed by atoms with Gasteiger partial charge in [-0.2, -0.15) is 0 Å². The zero-order valence-electron chi connectivity index (χ0n) is 23.9. The molecule has 0 saturated carbocycles. The third-order valence-electron chi connectivity index (χ3n) is 6.70. The first kappa shape index (κ1) is 31.6. The molecule has 0 unspecified atom stereocenters. The first-order valence-corrected chi connectivity index (χ1v) is 15.2. The number of nitrogens with one attached hydrogen (secondary N) is 1. The maximum atomic E-state index is 14.1. The Balaban J connectivity index is 2.09. The van der Waals surface area contributed by atoms with Crippen molar-refractivity contribution in [2.45, 2.75) is 64.1 Å². The lowest BCUT2D eigenvalue weighted by molar-refractivity contribution is -0.140. The number of hydrogen-bond acceptors (Lipinski definition) is 5. The van der Waals surface area contributed by atoms with E-state index in [2.05, 4.69) is 5.32 Å². The molecule has 2 atom stereocenters. The lowest BCUT2D eigenvalue weighted by Gasteiger charge is -2.34. The van der Waals surface area contributed by atoms with Crippen LogP contribution in [0, 0.1) is 5.82 Å². The highest BCUT2D eigenvalue weighted by Crippen LogP contribution is 2.33. The van der Waals surface area contributed by atoms with Crippen LogP contribution in [0.5, 0.6) is 5.75 Å². The zero-order valence-corrected chi connectivity index (χ0v) is 24.7. The molecule has 3 rings (SSSR count). The molecule has 0 spiro atoms. The summed E-state index contributed by atoms with van der Waals surface area (Å²) in [6.07, 6.45) is 0.988. The van der Waals surface area contributed by atoms with Gasteiger partial charge in [0, 0.05) is 12.6 Å². The van der Waals surface area contributed by atoms with Gasteiger partial charge in [0.15, 0.2) is 0 Å². The van der Waals surface area contributed by atoms with Crippen LogP contribution in [0.1, 0.15) is 46.1 Å². The van der Waals surface area contributed by atoms with E-state index in [4.69, 9.17) is 4.74 Å². The van der Waals surface area contributed by atoms with E-state index in [1.807, 2.05) is 13.8 Å². The standard InChI is InChI=1S/C31H38FN3O5S/c1-5-23(4)33-31(37)27(6-2)34(21-24-17-19-25(32)20-18-24)30(36)22-35(28-15-11-12-16-29(28)40-7-3)41(38,39)26-13-9-8-10-14-26/h8-20,23,27H,5-7,21-22H2,1-4H3,(H,33,37)/t23-,27+/m0/s1. The van der Waals surface area contributed by atoms with Crippen molar-refractivity contribution >= 4 is 27.5 Å². The van der Waals surface area contributed by atoms with Crippen LogP contribution in [0.4, 0.5) is 10.1 Å². The van der Waals surface area contributed by atoms with Gasteiger partial charge in [-0.3, -0.25) is 13.9 Å². The Kier molecular flexibility index (Phi) is 11.3. The average Bonchev–Trinajstić information content (AvgIpc) is 2.97. The fourth-order valence-electron chi connectivity index (χ4n) is 4.32. The van der Waals surface area contributed by atoms with E-state index in [0.29, 0.717) is 17.7 Å². The van der Waals surface area contributed by atoms with Gasteiger partial charge >= 0.3 is 0 Å². The predicted molar refractivity (Wildman–Crippen MR) is 158 cm³/mol. The van der Waals surface area contributed by atoms with E-state index in [9.17, 15) is 22.4 Å². The van der Waals surface area contributed by atoms with Crippen LogP contribution in [0.15, 0.2) is 83.8 Å². The Morgan fingerprint density at radius 2 is 1.54 bits per heavy atom. The fourth-order valence-corrected chi connectivity index (χ4v) is 5.77. The summed E-state index contributed by atoms with van der Waals surface area (Å²) < 4.78 is 48.4. The average molecular weight is 584 g/mol. The quantitative estimate of drug-likeness (QED) is 0.284. The summed E-state index contributed by atoms with van der Waals surface area (Å²) in [5.74, 6) is -1.06. The zero-order chi connectivity index (χ0) is 30.0. The summed E-state index contributed by atoms with van der Waals surface area (Å²) in [7, 11) is -4.22. The molecule has 8 nitrogen and oxygen atoms in total. The Morgan fingerprint density at radius 1 is 0.902 bits per heavy atom. The predicted octanol–water partition coefficient (Wildman–Crippen LogP) is 5.14. The number of carbonyl (C=O) groups excluding carboxylic acids is 2. The minimum absolute atomic E-state index is 0.00532. The van der Waals surface area contributed by atoms with Crippen LogP contribution in [0.3, 0.4) is 0 Å². The molecule has 10 heteroatoms. The highest BCUT2D eigenvalue weighted by Gasteiger charge is 2.35. The van der Waals surface area contributed by atoms with Crippen molar-refractivity contribution in [3.05, 3.63) is 90.2 Å². The number of sulfonamides is 1. The number of carbonyl (C=O) groups is 2. The van der Waals surface area contributed by atoms with E-state index in [1.165, 1.54) is 41.3 Å². The summed E-state index contributed by atoms with van der Waals surface area (Å²) in [5, 5.41) is 2.93. The van der Waals surface area contributed by atoms with E-state index >= 15 is 0 Å². The monoisotopic (exact) mass is 583 g/mol. The van der Waals surface area contributed by atoms with Gasteiger partial charge in [0.1, 0.15) is 24.2 Å². The van der Waals surface area contributed by atoms with Crippen molar-refractivity contribution in [1.82, 2.24) is 10.2 Å². The van der Waals surface area contributed by atoms with Gasteiger partial charge in [0.2, 0.25) is 11.8 Å². The summed E-state index contributed by atoms with van der Waals surface area (Å²) in [6.45, 7) is 7.06. The normalized spacial score (nSPS) is 12.7. The van der Waals surface area contributed by atoms with Crippen molar-refractivity contribution in [2.24, 2.45) is 0 Å². The molecule has 0 radical (unpaired) electrons. The van der Waals surface area contributed by atoms with Crippen molar-refractivity contribution in [3.8, 4) is 5.75 Å². The molecular formula is C31H38FN3O5S. The Hall–Kier alpha value is -3.92. The molecule has 0 aromatic heterocycles. The van der Waals surface area contributed by atoms with Crippen molar-refractivity contribution < 1.29 is 27.1 Å². The van der Waals surface area contributed by atoms with Crippen LogP contribution in [-0.4, -0.2) is 50.4 Å². The number of rotatable bonds is 14. The largest absolute Gasteiger partial charge is 0.492 e. The van der Waals surface area contributed by atoms with Gasteiger partial charge in [-0.15, -0.1) is 0 Å². The number of benzene rings is 3. The lowest BCUT2D eigenvalue weighted by atomic mass is 10.1. The molecule has 220 valence electrons. The Bertz CT molecular complexity index is 1400. The summed E-state index contributed by atoms with van der Waals surface area (Å²) in [5.41, 5.74) is 0.798. The number of anilines is 1. The Labute approximate surface area is 242 Å². The van der Waals surface area contributed by atoms with Gasteiger partial charge in [0.05, 0.1) is 17.2 Å². The maximum absolute atomic E-state index is 14.1. The molecule has 0 aliphatic rings. The summed E-state index contributed by atoms with van der Waals surface area (Å²) in [6, 6.07) is 19.1. The minimum Gasteiger partial charge on any atom is -0.492 e. The molecule has 0 saturated heterocycles. The second-order valence-corrected chi connectivity index (χ2v) is 11.5. The molecule has 0 bridgehead atoms. The van der Waals surface area contributed by atoms with Crippen molar-refractivity contribution in [2.75, 3.05) is 17.5 Å². The molecule has 1 N–H and O–H groups in total. The summed E-state index contributed by atoms with van der Waals surface area (Å²) >= 11 is 0. The van der Waals surface area contributed by atoms with Crippen LogP contribution in [0.25, 0.3) is 0 Å². The summed E-state index contributed by atoms with van der Waals surface area (Å²) in [4.78, 5) is 28.8. The number of halogens is 1. The van der Waals surface area contributed by atoms with Gasteiger partial charge in [-0.25, -0.2) is 12.8 Å². The molecule has 0 heterocycles. The van der Waals surface area contributed by atoms with E-state index in [0.717, 1.165) is 4.31 Å². The van der Waals surface area contributed by atoms with Crippen LogP contribution in [-0.2, 0) is 26.2 Å². The molecule has 0 aliphatic heterocycles. The number of amides is 2. The molecule has 0 aliphatic carbocycles. The number of para-hydroxylation sites is 2. The van der Waals surface area contributed by atoms with E-state index in [1.54, 1.807) is 56.3 Å². The third kappa shape index (κ3) is 8.07. The molecular weight excluding hydrogens is 545 g/mol. The molecule has 3 aromatic carbocycles. The highest BCUT2D eigenvalue weighted by atomic mass is 32.2. The lowest BCUT2D eigenvalue weighted by Crippen LogP contribution is -2.53. The molecule has 0 fully saturated rings. The first-order valence-electron chi connectivity index (χ1n) is 13.8. The minimum atomic E-state index is -4.22. The van der Waals surface area contributed by atoms with Gasteiger partial charge in [0.25, 0.3) is 10.0 Å². The second-order valence-electron chi connectivity index (χ2n) is 9.62. The smallest absolute Gasteiger partial charge is 0.264 e. The van der Waals surface area contributed by atoms with E-state index in [-0.39, 0.29) is 42.1 Å². The first-order chi connectivity index (χ1) is 19.6. The van der Waals surface area contributed by atoms with Crippen LogP contribution in [0.2, 0.25) is 0 Å². The van der Waals surface area contributed by atoms with Crippen molar-refractivity contribution in [3.63, 3.8) is 0 Å². The number of nitrogens with zero attached hydrogens (tertiary/aromatic N) is 2. The van der Waals surface area contributed by atoms with Crippen LogP contribution >= 0.6 is 0 Å². The van der Waals surface area contributed by atoms with Gasteiger partial charge < -0.3 is 15.0 Å². The Morgan fingerprint density at radius 3 is 2.15 bits per heavy atom. The second kappa shape index (κ2) is 14.6. The molecule has 2 amide bonds.